The highest BCUT2D eigenvalue weighted by molar-refractivity contribution is 9.11. The van der Waals surface area contributed by atoms with E-state index in [-0.39, 0.29) is 5.91 Å². The molecule has 1 aromatic heterocycles. The maximum atomic E-state index is 12.3. The molecule has 1 aliphatic heterocycles. The predicted molar refractivity (Wildman–Crippen MR) is 93.8 cm³/mol. The third kappa shape index (κ3) is 3.49. The molecule has 3 rings (SSSR count). The summed E-state index contributed by atoms with van der Waals surface area (Å²) in [4.78, 5) is 15.7. The highest BCUT2D eigenvalue weighted by Crippen LogP contribution is 2.27. The molecule has 0 fully saturated rings. The summed E-state index contributed by atoms with van der Waals surface area (Å²) in [6, 6.07) is 7.99. The fourth-order valence-corrected chi connectivity index (χ4v) is 4.45. The van der Waals surface area contributed by atoms with Crippen LogP contribution in [0.1, 0.15) is 10.4 Å². The second-order valence-corrected chi connectivity index (χ2v) is 7.68. The van der Waals surface area contributed by atoms with Gasteiger partial charge in [-0.2, -0.15) is 0 Å². The van der Waals surface area contributed by atoms with Crippen LogP contribution in [-0.2, 0) is 17.8 Å². The van der Waals surface area contributed by atoms with E-state index in [1.165, 1.54) is 10.4 Å². The molecule has 1 aromatic carbocycles. The number of amides is 1. The summed E-state index contributed by atoms with van der Waals surface area (Å²) in [6.07, 6.45) is 0.973. The first-order valence-electron chi connectivity index (χ1n) is 6.65. The zero-order valence-electron chi connectivity index (χ0n) is 11.2. The van der Waals surface area contributed by atoms with Crippen molar-refractivity contribution >= 4 is 54.8 Å². The summed E-state index contributed by atoms with van der Waals surface area (Å²) < 4.78 is 1.95. The van der Waals surface area contributed by atoms with Crippen LogP contribution in [0, 0.1) is 0 Å². The highest BCUT2D eigenvalue weighted by atomic mass is 79.9. The number of hydrogen-bond acceptors (Lipinski definition) is 3. The lowest BCUT2D eigenvalue weighted by molar-refractivity contribution is -0.130. The molecule has 0 bridgehead atoms. The number of halogens is 2. The van der Waals surface area contributed by atoms with Gasteiger partial charge in [-0.1, -0.05) is 15.9 Å². The Kier molecular flexibility index (Phi) is 4.66. The number of carbonyl (C=O) groups is 1. The highest BCUT2D eigenvalue weighted by Gasteiger charge is 2.21. The molecule has 3 nitrogen and oxygen atoms in total. The lowest BCUT2D eigenvalue weighted by Crippen LogP contribution is -2.38. The summed E-state index contributed by atoms with van der Waals surface area (Å²) in [5.74, 6) is 0.140. The third-order valence-electron chi connectivity index (χ3n) is 3.52. The zero-order chi connectivity index (χ0) is 14.8. The number of fused-ring (bicyclic) bond motifs is 1. The summed E-state index contributed by atoms with van der Waals surface area (Å²) in [7, 11) is 0. The molecule has 1 aliphatic rings. The number of carbonyl (C=O) groups excluding carboxylic acids is 1. The van der Waals surface area contributed by atoms with E-state index in [9.17, 15) is 4.79 Å². The van der Waals surface area contributed by atoms with E-state index in [2.05, 4.69) is 48.6 Å². The molecule has 110 valence electrons. The normalized spacial score (nSPS) is 13.9. The Labute approximate surface area is 144 Å². The molecule has 0 unspecified atom stereocenters. The lowest BCUT2D eigenvalue weighted by Gasteiger charge is -2.27. The van der Waals surface area contributed by atoms with Gasteiger partial charge in [-0.25, -0.2) is 0 Å². The number of nitrogens with one attached hydrogen (secondary N) is 1. The van der Waals surface area contributed by atoms with Crippen molar-refractivity contribution in [3.63, 3.8) is 0 Å². The topological polar surface area (TPSA) is 32.3 Å². The standard InChI is InChI=1S/C15H14Br2N2OS/c16-11-1-2-13(12(17)7-11)18-8-15(20)19-5-3-14-10(9-19)4-6-21-14/h1-2,4,6-7,18H,3,5,8-9H2. The van der Waals surface area contributed by atoms with E-state index in [1.54, 1.807) is 11.3 Å². The van der Waals surface area contributed by atoms with Gasteiger partial charge in [0.15, 0.2) is 0 Å². The molecule has 0 saturated heterocycles. The van der Waals surface area contributed by atoms with Crippen LogP contribution in [0.15, 0.2) is 38.6 Å². The first kappa shape index (κ1) is 15.1. The van der Waals surface area contributed by atoms with E-state index in [4.69, 9.17) is 0 Å². The average Bonchev–Trinajstić information content (AvgIpc) is 2.93. The Morgan fingerprint density at radius 1 is 1.33 bits per heavy atom. The third-order valence-corrected chi connectivity index (χ3v) is 5.69. The lowest BCUT2D eigenvalue weighted by atomic mass is 10.1. The van der Waals surface area contributed by atoms with Crippen molar-refractivity contribution in [2.45, 2.75) is 13.0 Å². The van der Waals surface area contributed by atoms with Crippen molar-refractivity contribution < 1.29 is 4.79 Å². The second-order valence-electron chi connectivity index (χ2n) is 4.91. The molecule has 0 aliphatic carbocycles. The number of rotatable bonds is 3. The smallest absolute Gasteiger partial charge is 0.242 e. The molecule has 21 heavy (non-hydrogen) atoms. The van der Waals surface area contributed by atoms with E-state index in [1.807, 2.05) is 23.1 Å². The quantitative estimate of drug-likeness (QED) is 0.789. The van der Waals surface area contributed by atoms with Crippen LogP contribution in [0.25, 0.3) is 0 Å². The molecule has 1 amide bonds. The van der Waals surface area contributed by atoms with E-state index in [0.717, 1.165) is 34.1 Å². The van der Waals surface area contributed by atoms with E-state index in [0.29, 0.717) is 6.54 Å². The van der Waals surface area contributed by atoms with E-state index >= 15 is 0 Å². The summed E-state index contributed by atoms with van der Waals surface area (Å²) >= 11 is 8.70. The van der Waals surface area contributed by atoms with Crippen molar-refractivity contribution in [2.24, 2.45) is 0 Å². The van der Waals surface area contributed by atoms with Crippen LogP contribution in [0.3, 0.4) is 0 Å². The van der Waals surface area contributed by atoms with Crippen LogP contribution in [0.2, 0.25) is 0 Å². The van der Waals surface area contributed by atoms with Crippen LogP contribution >= 0.6 is 43.2 Å². The fraction of sp³-hybridized carbons (Fsp3) is 0.267. The minimum absolute atomic E-state index is 0.140. The molecular weight excluding hydrogens is 416 g/mol. The van der Waals surface area contributed by atoms with Gasteiger partial charge in [-0.3, -0.25) is 4.79 Å². The molecule has 1 N–H and O–H groups in total. The fourth-order valence-electron chi connectivity index (χ4n) is 2.38. The molecule has 2 heterocycles. The zero-order valence-corrected chi connectivity index (χ0v) is 15.2. The maximum Gasteiger partial charge on any atom is 0.242 e. The Morgan fingerprint density at radius 3 is 3.00 bits per heavy atom. The van der Waals surface area contributed by atoms with Gasteiger partial charge >= 0.3 is 0 Å². The molecule has 0 radical (unpaired) electrons. The second kappa shape index (κ2) is 6.50. The number of nitrogens with zero attached hydrogens (tertiary/aromatic N) is 1. The van der Waals surface area contributed by atoms with Gasteiger partial charge in [-0.05, 0) is 57.6 Å². The average molecular weight is 430 g/mol. The van der Waals surface area contributed by atoms with Crippen molar-refractivity contribution in [2.75, 3.05) is 18.4 Å². The summed E-state index contributed by atoms with van der Waals surface area (Å²) in [6.45, 7) is 1.87. The van der Waals surface area contributed by atoms with Gasteiger partial charge in [-0.15, -0.1) is 11.3 Å². The minimum Gasteiger partial charge on any atom is -0.375 e. The maximum absolute atomic E-state index is 12.3. The molecule has 0 spiro atoms. The Hall–Kier alpha value is -0.850. The van der Waals surface area contributed by atoms with Gasteiger partial charge in [0.05, 0.1) is 6.54 Å². The minimum atomic E-state index is 0.140. The monoisotopic (exact) mass is 428 g/mol. The van der Waals surface area contributed by atoms with Gasteiger partial charge in [0.25, 0.3) is 0 Å². The Balaban J connectivity index is 1.60. The molecule has 0 saturated carbocycles. The summed E-state index contributed by atoms with van der Waals surface area (Å²) in [5, 5.41) is 5.31. The molecule has 6 heteroatoms. The Bertz CT molecular complexity index is 671. The van der Waals surface area contributed by atoms with Gasteiger partial charge in [0.2, 0.25) is 5.91 Å². The SMILES string of the molecule is O=C(CNc1ccc(Br)cc1Br)N1CCc2sccc2C1. The van der Waals surface area contributed by atoms with Crippen LogP contribution in [0.5, 0.6) is 0 Å². The number of anilines is 1. The first-order chi connectivity index (χ1) is 10.1. The largest absolute Gasteiger partial charge is 0.375 e. The van der Waals surface area contributed by atoms with Crippen molar-refractivity contribution in [1.82, 2.24) is 4.90 Å². The first-order valence-corrected chi connectivity index (χ1v) is 9.12. The number of thiophene rings is 1. The number of benzene rings is 1. The van der Waals surface area contributed by atoms with Gasteiger partial charge in [0.1, 0.15) is 0 Å². The van der Waals surface area contributed by atoms with Crippen molar-refractivity contribution in [1.29, 1.82) is 0 Å². The number of hydrogen-bond donors (Lipinski definition) is 1. The van der Waals surface area contributed by atoms with Gasteiger partial charge < -0.3 is 10.2 Å². The Morgan fingerprint density at radius 2 is 2.19 bits per heavy atom. The van der Waals surface area contributed by atoms with Crippen LogP contribution in [-0.4, -0.2) is 23.9 Å². The van der Waals surface area contributed by atoms with Crippen LogP contribution < -0.4 is 5.32 Å². The van der Waals surface area contributed by atoms with Crippen molar-refractivity contribution in [3.8, 4) is 0 Å². The molecule has 2 aromatic rings. The van der Waals surface area contributed by atoms with Gasteiger partial charge in [0, 0.05) is 32.6 Å². The molecular formula is C15H14Br2N2OS. The summed E-state index contributed by atoms with van der Waals surface area (Å²) in [5.41, 5.74) is 2.23. The predicted octanol–water partition coefficient (Wildman–Crippen LogP) is 4.27. The van der Waals surface area contributed by atoms with Crippen molar-refractivity contribution in [3.05, 3.63) is 49.0 Å². The molecule has 0 atom stereocenters. The van der Waals surface area contributed by atoms with Crippen LogP contribution in [0.4, 0.5) is 5.69 Å². The van der Waals surface area contributed by atoms with E-state index < -0.39 is 0 Å².